The minimum atomic E-state index is -4.42. The molecule has 1 fully saturated rings. The van der Waals surface area contributed by atoms with Gasteiger partial charge in [0.15, 0.2) is 6.10 Å². The van der Waals surface area contributed by atoms with E-state index in [-0.39, 0.29) is 0 Å². The summed E-state index contributed by atoms with van der Waals surface area (Å²) in [6, 6.07) is 0. The van der Waals surface area contributed by atoms with Crippen molar-refractivity contribution in [1.82, 2.24) is 0 Å². The zero-order valence-electron chi connectivity index (χ0n) is 6.30. The normalized spacial score (nSPS) is 27.7. The molecule has 0 aromatic heterocycles. The van der Waals surface area contributed by atoms with Crippen LogP contribution in [0.1, 0.15) is 6.42 Å². The molecule has 1 rings (SSSR count). The summed E-state index contributed by atoms with van der Waals surface area (Å²) in [5.74, 6) is 1.90. The third-order valence-corrected chi connectivity index (χ3v) is 1.41. The number of ether oxygens (including phenoxy) is 2. The molecule has 0 spiro atoms. The zero-order chi connectivity index (χ0) is 10.1. The average Bonchev–Trinajstić information content (AvgIpc) is 2.27. The Labute approximate surface area is 71.8 Å². The first-order valence-corrected chi connectivity index (χ1v) is 3.32. The summed E-state index contributed by atoms with van der Waals surface area (Å²) < 4.78 is 44.0. The predicted molar refractivity (Wildman–Crippen MR) is 34.6 cm³/mol. The summed E-state index contributed by atoms with van der Waals surface area (Å²) >= 11 is 0. The van der Waals surface area contributed by atoms with Crippen molar-refractivity contribution >= 4 is 6.16 Å². The predicted octanol–water partition coefficient (Wildman–Crippen LogP) is 1.48. The number of alkyl halides is 3. The fourth-order valence-electron chi connectivity index (χ4n) is 0.911. The molecule has 0 radical (unpaired) electrons. The minimum Gasteiger partial charge on any atom is -0.426 e. The Hall–Kier alpha value is -1.38. The van der Waals surface area contributed by atoms with Gasteiger partial charge in [-0.2, -0.15) is 13.2 Å². The highest BCUT2D eigenvalue weighted by Crippen LogP contribution is 2.28. The van der Waals surface area contributed by atoms with E-state index >= 15 is 0 Å². The molecule has 0 aromatic rings. The fraction of sp³-hybridized carbons (Fsp3) is 0.571. The standard InChI is InChI=1S/C7H5F3O3/c1-2-4-5(3-7(8,9)10)13-6(11)12-4/h1,4-5H,3H2. The molecule has 0 bridgehead atoms. The Kier molecular flexibility index (Phi) is 2.36. The molecule has 13 heavy (non-hydrogen) atoms. The lowest BCUT2D eigenvalue weighted by Gasteiger charge is -2.12. The van der Waals surface area contributed by atoms with E-state index < -0.39 is 31.0 Å². The second-order valence-corrected chi connectivity index (χ2v) is 2.43. The molecule has 1 aliphatic rings. The molecule has 2 unspecified atom stereocenters. The van der Waals surface area contributed by atoms with E-state index in [0.717, 1.165) is 0 Å². The van der Waals surface area contributed by atoms with Crippen LogP contribution in [0.2, 0.25) is 0 Å². The Morgan fingerprint density at radius 3 is 2.54 bits per heavy atom. The molecule has 3 nitrogen and oxygen atoms in total. The molecule has 1 aliphatic heterocycles. The Morgan fingerprint density at radius 1 is 1.46 bits per heavy atom. The van der Waals surface area contributed by atoms with Crippen LogP contribution in [0.3, 0.4) is 0 Å². The Balaban J connectivity index is 2.60. The Bertz CT molecular complexity index is 253. The lowest BCUT2D eigenvalue weighted by atomic mass is 10.1. The van der Waals surface area contributed by atoms with Crippen molar-refractivity contribution in [2.75, 3.05) is 0 Å². The first kappa shape index (κ1) is 9.71. The van der Waals surface area contributed by atoms with Gasteiger partial charge in [-0.05, 0) is 0 Å². The van der Waals surface area contributed by atoms with Gasteiger partial charge >= 0.3 is 12.3 Å². The van der Waals surface area contributed by atoms with Gasteiger partial charge in [-0.1, -0.05) is 5.92 Å². The van der Waals surface area contributed by atoms with Gasteiger partial charge in [0.1, 0.15) is 0 Å². The number of hydrogen-bond donors (Lipinski definition) is 0. The number of hydrogen-bond acceptors (Lipinski definition) is 3. The van der Waals surface area contributed by atoms with Crippen LogP contribution in [0.5, 0.6) is 0 Å². The van der Waals surface area contributed by atoms with Gasteiger partial charge in [0, 0.05) is 0 Å². The van der Waals surface area contributed by atoms with E-state index in [0.29, 0.717) is 0 Å². The molecule has 1 saturated heterocycles. The highest BCUT2D eigenvalue weighted by molar-refractivity contribution is 5.63. The molecule has 0 aliphatic carbocycles. The third kappa shape index (κ3) is 2.54. The third-order valence-electron chi connectivity index (χ3n) is 1.41. The lowest BCUT2D eigenvalue weighted by molar-refractivity contribution is -0.151. The maximum atomic E-state index is 11.8. The Morgan fingerprint density at radius 2 is 2.08 bits per heavy atom. The highest BCUT2D eigenvalue weighted by atomic mass is 19.4. The van der Waals surface area contributed by atoms with Crippen molar-refractivity contribution in [3.63, 3.8) is 0 Å². The second kappa shape index (κ2) is 3.17. The van der Waals surface area contributed by atoms with Crippen LogP contribution in [0.25, 0.3) is 0 Å². The molecule has 0 aromatic carbocycles. The van der Waals surface area contributed by atoms with Crippen molar-refractivity contribution in [1.29, 1.82) is 0 Å². The van der Waals surface area contributed by atoms with E-state index in [4.69, 9.17) is 6.42 Å². The number of terminal acetylenes is 1. The molecule has 2 atom stereocenters. The van der Waals surface area contributed by atoms with E-state index in [9.17, 15) is 18.0 Å². The minimum absolute atomic E-state index is 1.16. The second-order valence-electron chi connectivity index (χ2n) is 2.43. The van der Waals surface area contributed by atoms with Crippen LogP contribution in [0.15, 0.2) is 0 Å². The first-order chi connectivity index (χ1) is 5.92. The molecule has 6 heteroatoms. The number of cyclic esters (lactones) is 2. The SMILES string of the molecule is C#CC1OC(=O)OC1CC(F)(F)F. The van der Waals surface area contributed by atoms with E-state index in [1.807, 2.05) is 5.92 Å². The number of rotatable bonds is 1. The van der Waals surface area contributed by atoms with Crippen molar-refractivity contribution in [3.05, 3.63) is 0 Å². The molecule has 0 saturated carbocycles. The monoisotopic (exact) mass is 194 g/mol. The van der Waals surface area contributed by atoms with Crippen LogP contribution in [-0.2, 0) is 9.47 Å². The van der Waals surface area contributed by atoms with E-state index in [1.54, 1.807) is 0 Å². The molecular formula is C7H5F3O3. The van der Waals surface area contributed by atoms with Gasteiger partial charge < -0.3 is 9.47 Å². The van der Waals surface area contributed by atoms with E-state index in [2.05, 4.69) is 9.47 Å². The van der Waals surface area contributed by atoms with Gasteiger partial charge in [0.05, 0.1) is 6.42 Å². The first-order valence-electron chi connectivity index (χ1n) is 3.32. The van der Waals surface area contributed by atoms with Crippen molar-refractivity contribution in [3.8, 4) is 12.3 Å². The van der Waals surface area contributed by atoms with Crippen LogP contribution >= 0.6 is 0 Å². The number of halogens is 3. The lowest BCUT2D eigenvalue weighted by Crippen LogP contribution is -2.27. The summed E-state index contributed by atoms with van der Waals surface area (Å²) in [7, 11) is 0. The summed E-state index contributed by atoms with van der Waals surface area (Å²) in [6.07, 6.45) is -4.69. The number of carbonyl (C=O) groups excluding carboxylic acids is 1. The summed E-state index contributed by atoms with van der Waals surface area (Å²) in [5, 5.41) is 0. The van der Waals surface area contributed by atoms with Crippen LogP contribution in [-0.4, -0.2) is 24.5 Å². The molecule has 0 N–H and O–H groups in total. The largest absolute Gasteiger partial charge is 0.510 e. The maximum Gasteiger partial charge on any atom is 0.510 e. The van der Waals surface area contributed by atoms with Gasteiger partial charge in [-0.15, -0.1) is 6.42 Å². The number of carbonyl (C=O) groups is 1. The van der Waals surface area contributed by atoms with Gasteiger partial charge in [0.2, 0.25) is 6.10 Å². The quantitative estimate of drug-likeness (QED) is 0.468. The summed E-state index contributed by atoms with van der Waals surface area (Å²) in [4.78, 5) is 10.4. The van der Waals surface area contributed by atoms with Crippen molar-refractivity contribution < 1.29 is 27.4 Å². The van der Waals surface area contributed by atoms with Gasteiger partial charge in [-0.25, -0.2) is 4.79 Å². The van der Waals surface area contributed by atoms with E-state index in [1.165, 1.54) is 0 Å². The van der Waals surface area contributed by atoms with Gasteiger partial charge in [0.25, 0.3) is 0 Å². The smallest absolute Gasteiger partial charge is 0.426 e. The highest BCUT2D eigenvalue weighted by Gasteiger charge is 2.43. The topological polar surface area (TPSA) is 35.5 Å². The average molecular weight is 194 g/mol. The molecular weight excluding hydrogens is 189 g/mol. The van der Waals surface area contributed by atoms with Crippen molar-refractivity contribution in [2.45, 2.75) is 24.8 Å². The van der Waals surface area contributed by atoms with Gasteiger partial charge in [-0.3, -0.25) is 0 Å². The van der Waals surface area contributed by atoms with Crippen LogP contribution in [0.4, 0.5) is 18.0 Å². The molecule has 1 heterocycles. The zero-order valence-corrected chi connectivity index (χ0v) is 6.30. The van der Waals surface area contributed by atoms with Crippen molar-refractivity contribution in [2.24, 2.45) is 0 Å². The summed E-state index contributed by atoms with van der Waals surface area (Å²) in [5.41, 5.74) is 0. The molecule has 72 valence electrons. The van der Waals surface area contributed by atoms with Crippen LogP contribution in [0, 0.1) is 12.3 Å². The summed E-state index contributed by atoms with van der Waals surface area (Å²) in [6.45, 7) is 0. The molecule has 0 amide bonds. The van der Waals surface area contributed by atoms with Crippen LogP contribution < -0.4 is 0 Å². The maximum absolute atomic E-state index is 11.8. The fourth-order valence-corrected chi connectivity index (χ4v) is 0.911.